The van der Waals surface area contributed by atoms with E-state index in [1.165, 1.54) is 6.33 Å². The van der Waals surface area contributed by atoms with Crippen molar-refractivity contribution in [3.8, 4) is 11.6 Å². The second-order valence-corrected chi connectivity index (χ2v) is 6.28. The van der Waals surface area contributed by atoms with E-state index in [2.05, 4.69) is 15.3 Å². The first-order chi connectivity index (χ1) is 13.6. The second kappa shape index (κ2) is 7.50. The summed E-state index contributed by atoms with van der Waals surface area (Å²) in [5.41, 5.74) is 0.243. The molecule has 138 valence electrons. The van der Waals surface area contributed by atoms with E-state index in [0.717, 1.165) is 10.8 Å². The monoisotopic (exact) mass is 392 g/mol. The predicted octanol–water partition coefficient (Wildman–Crippen LogP) is 5.73. The molecule has 0 aliphatic rings. The molecule has 0 spiro atoms. The first-order valence-electron chi connectivity index (χ1n) is 8.29. The average molecular weight is 393 g/mol. The maximum absolute atomic E-state index is 11.7. The molecule has 8 heteroatoms. The molecule has 0 bridgehead atoms. The van der Waals surface area contributed by atoms with E-state index in [4.69, 9.17) is 16.3 Å². The topological polar surface area (TPSA) is 90.2 Å². The Kier molecular flexibility index (Phi) is 4.74. The molecule has 0 radical (unpaired) electrons. The van der Waals surface area contributed by atoms with Crippen LogP contribution in [0, 0.1) is 10.1 Å². The van der Waals surface area contributed by atoms with E-state index >= 15 is 0 Å². The Balaban J connectivity index is 1.74. The molecule has 1 heterocycles. The minimum atomic E-state index is -0.571. The molecular formula is C20H13ClN4O3. The summed E-state index contributed by atoms with van der Waals surface area (Å²) in [6, 6.07) is 19.8. The van der Waals surface area contributed by atoms with Crippen molar-refractivity contribution in [3.05, 3.63) is 88.2 Å². The number of hydrogen-bond donors (Lipinski definition) is 1. The van der Waals surface area contributed by atoms with E-state index < -0.39 is 4.92 Å². The number of anilines is 2. The minimum absolute atomic E-state index is 0.0255. The van der Waals surface area contributed by atoms with Gasteiger partial charge in [0.15, 0.2) is 0 Å². The van der Waals surface area contributed by atoms with E-state index in [-0.39, 0.29) is 17.4 Å². The van der Waals surface area contributed by atoms with Gasteiger partial charge in [-0.2, -0.15) is 4.98 Å². The Morgan fingerprint density at radius 1 is 0.964 bits per heavy atom. The van der Waals surface area contributed by atoms with Gasteiger partial charge in [0.1, 0.15) is 12.1 Å². The molecule has 28 heavy (non-hydrogen) atoms. The Morgan fingerprint density at radius 2 is 1.71 bits per heavy atom. The fraction of sp³-hybridized carbons (Fsp3) is 0. The van der Waals surface area contributed by atoms with Crippen LogP contribution in [0.5, 0.6) is 11.6 Å². The number of fused-ring (bicyclic) bond motifs is 1. The largest absolute Gasteiger partial charge is 0.433 e. The lowest BCUT2D eigenvalue weighted by Gasteiger charge is -2.11. The molecule has 1 N–H and O–H groups in total. The molecule has 0 saturated carbocycles. The zero-order chi connectivity index (χ0) is 19.5. The summed E-state index contributed by atoms with van der Waals surface area (Å²) in [6.07, 6.45) is 1.21. The van der Waals surface area contributed by atoms with Crippen LogP contribution in [0.15, 0.2) is 73.1 Å². The SMILES string of the molecule is O=[N+]([O-])c1c(Nc2ccc(Cl)cc2)ncnc1Oc1cccc2ccccc12. The zero-order valence-corrected chi connectivity index (χ0v) is 15.1. The van der Waals surface area contributed by atoms with E-state index in [0.29, 0.717) is 16.5 Å². The van der Waals surface area contributed by atoms with Gasteiger partial charge in [0.25, 0.3) is 0 Å². The molecule has 7 nitrogen and oxygen atoms in total. The van der Waals surface area contributed by atoms with Crippen LogP contribution in [-0.2, 0) is 0 Å². The van der Waals surface area contributed by atoms with Gasteiger partial charge < -0.3 is 10.1 Å². The number of nitro groups is 1. The summed E-state index contributed by atoms with van der Waals surface area (Å²) in [5, 5.41) is 17.0. The van der Waals surface area contributed by atoms with Crippen molar-refractivity contribution < 1.29 is 9.66 Å². The molecule has 0 saturated heterocycles. The lowest BCUT2D eigenvalue weighted by Crippen LogP contribution is -2.03. The Bertz CT molecular complexity index is 1160. The molecular weight excluding hydrogens is 380 g/mol. The Labute approximate surface area is 164 Å². The summed E-state index contributed by atoms with van der Waals surface area (Å²) in [4.78, 5) is 19.1. The fourth-order valence-electron chi connectivity index (χ4n) is 2.75. The lowest BCUT2D eigenvalue weighted by atomic mass is 10.1. The van der Waals surface area contributed by atoms with Gasteiger partial charge in [-0.05, 0) is 35.7 Å². The van der Waals surface area contributed by atoms with Gasteiger partial charge in [-0.25, -0.2) is 4.98 Å². The maximum Gasteiger partial charge on any atom is 0.373 e. The van der Waals surface area contributed by atoms with Crippen molar-refractivity contribution in [2.75, 3.05) is 5.32 Å². The van der Waals surface area contributed by atoms with Crippen LogP contribution in [0.4, 0.5) is 17.2 Å². The van der Waals surface area contributed by atoms with Crippen LogP contribution < -0.4 is 10.1 Å². The molecule has 0 atom stereocenters. The van der Waals surface area contributed by atoms with Gasteiger partial charge in [-0.15, -0.1) is 0 Å². The third-order valence-corrected chi connectivity index (χ3v) is 4.29. The quantitative estimate of drug-likeness (QED) is 0.344. The summed E-state index contributed by atoms with van der Waals surface area (Å²) in [6.45, 7) is 0. The normalized spacial score (nSPS) is 10.6. The molecule has 0 aliphatic heterocycles. The molecule has 0 fully saturated rings. The summed E-state index contributed by atoms with van der Waals surface area (Å²) < 4.78 is 5.83. The van der Waals surface area contributed by atoms with E-state index in [9.17, 15) is 10.1 Å². The van der Waals surface area contributed by atoms with Crippen molar-refractivity contribution in [3.63, 3.8) is 0 Å². The van der Waals surface area contributed by atoms with Crippen LogP contribution >= 0.6 is 11.6 Å². The van der Waals surface area contributed by atoms with E-state index in [1.807, 2.05) is 36.4 Å². The standard InChI is InChI=1S/C20H13ClN4O3/c21-14-8-10-15(11-9-14)24-19-18(25(26)27)20(23-12-22-19)28-17-7-3-5-13-4-1-2-6-16(13)17/h1-12H,(H,22,23,24). The maximum atomic E-state index is 11.7. The Morgan fingerprint density at radius 3 is 2.50 bits per heavy atom. The van der Waals surface area contributed by atoms with Gasteiger partial charge >= 0.3 is 11.6 Å². The highest BCUT2D eigenvalue weighted by atomic mass is 35.5. The second-order valence-electron chi connectivity index (χ2n) is 5.84. The number of aromatic nitrogens is 2. The first kappa shape index (κ1) is 17.7. The van der Waals surface area contributed by atoms with Crippen LogP contribution in [0.2, 0.25) is 5.02 Å². The number of benzene rings is 3. The van der Waals surface area contributed by atoms with Gasteiger partial charge in [-0.1, -0.05) is 48.0 Å². The number of nitrogens with one attached hydrogen (secondary N) is 1. The number of rotatable bonds is 5. The number of hydrogen-bond acceptors (Lipinski definition) is 6. The van der Waals surface area contributed by atoms with Crippen molar-refractivity contribution in [1.29, 1.82) is 0 Å². The number of nitrogens with zero attached hydrogens (tertiary/aromatic N) is 3. The first-order valence-corrected chi connectivity index (χ1v) is 8.67. The number of ether oxygens (including phenoxy) is 1. The van der Waals surface area contributed by atoms with Crippen molar-refractivity contribution in [1.82, 2.24) is 9.97 Å². The summed E-state index contributed by atoms with van der Waals surface area (Å²) in [5.74, 6) is 0.350. The third kappa shape index (κ3) is 3.56. The molecule has 0 amide bonds. The molecule has 1 aromatic heterocycles. The highest BCUT2D eigenvalue weighted by Gasteiger charge is 2.25. The van der Waals surface area contributed by atoms with Crippen molar-refractivity contribution in [2.45, 2.75) is 0 Å². The van der Waals surface area contributed by atoms with Crippen LogP contribution in [0.1, 0.15) is 0 Å². The summed E-state index contributed by atoms with van der Waals surface area (Å²) in [7, 11) is 0. The van der Waals surface area contributed by atoms with Crippen LogP contribution in [0.3, 0.4) is 0 Å². The predicted molar refractivity (Wildman–Crippen MR) is 107 cm³/mol. The molecule has 0 aliphatic carbocycles. The Hall–Kier alpha value is -3.71. The molecule has 4 aromatic rings. The average Bonchev–Trinajstić information content (AvgIpc) is 2.70. The van der Waals surface area contributed by atoms with Crippen LogP contribution in [-0.4, -0.2) is 14.9 Å². The molecule has 3 aromatic carbocycles. The van der Waals surface area contributed by atoms with Gasteiger partial charge in [0.05, 0.1) is 4.92 Å². The fourth-order valence-corrected chi connectivity index (χ4v) is 2.88. The van der Waals surface area contributed by atoms with Gasteiger partial charge in [0, 0.05) is 16.1 Å². The van der Waals surface area contributed by atoms with E-state index in [1.54, 1.807) is 30.3 Å². The highest BCUT2D eigenvalue weighted by molar-refractivity contribution is 6.30. The number of halogens is 1. The smallest absolute Gasteiger partial charge is 0.373 e. The van der Waals surface area contributed by atoms with Crippen LogP contribution in [0.25, 0.3) is 10.8 Å². The molecule has 0 unspecified atom stereocenters. The van der Waals surface area contributed by atoms with Crippen molar-refractivity contribution >= 4 is 39.6 Å². The summed E-state index contributed by atoms with van der Waals surface area (Å²) >= 11 is 5.88. The zero-order valence-electron chi connectivity index (χ0n) is 14.4. The third-order valence-electron chi connectivity index (χ3n) is 4.03. The van der Waals surface area contributed by atoms with Gasteiger partial charge in [0.2, 0.25) is 5.82 Å². The van der Waals surface area contributed by atoms with Gasteiger partial charge in [-0.3, -0.25) is 10.1 Å². The highest BCUT2D eigenvalue weighted by Crippen LogP contribution is 2.37. The lowest BCUT2D eigenvalue weighted by molar-refractivity contribution is -0.385. The minimum Gasteiger partial charge on any atom is -0.433 e. The van der Waals surface area contributed by atoms with Crippen molar-refractivity contribution in [2.24, 2.45) is 0 Å². The molecule has 4 rings (SSSR count).